The van der Waals surface area contributed by atoms with E-state index in [1.807, 2.05) is 50.2 Å². The van der Waals surface area contributed by atoms with Gasteiger partial charge in [-0.3, -0.25) is 4.79 Å². The standard InChI is InChI=1S/C22H21BrClN3OS/c1-14-12-17(15(2)27(14)20-8-4-18(23)5-9-20)13-25-26-22(28)16(3)29-21-10-6-19(24)7-11-21/h4-13,16H,1-3H3,(H,26,28)/b25-13-/t16-/m1/s1. The molecule has 0 spiro atoms. The van der Waals surface area contributed by atoms with Gasteiger partial charge in [-0.1, -0.05) is 27.5 Å². The van der Waals surface area contributed by atoms with Gasteiger partial charge in [-0.2, -0.15) is 5.10 Å². The number of aromatic nitrogens is 1. The summed E-state index contributed by atoms with van der Waals surface area (Å²) in [6.45, 7) is 5.94. The van der Waals surface area contributed by atoms with Crippen molar-refractivity contribution < 1.29 is 4.79 Å². The minimum Gasteiger partial charge on any atom is -0.318 e. The third-order valence-electron chi connectivity index (χ3n) is 4.43. The molecule has 4 nitrogen and oxygen atoms in total. The maximum atomic E-state index is 12.3. The van der Waals surface area contributed by atoms with E-state index in [1.54, 1.807) is 6.21 Å². The van der Waals surface area contributed by atoms with Gasteiger partial charge in [0, 0.05) is 37.0 Å². The zero-order chi connectivity index (χ0) is 21.0. The molecule has 0 aliphatic heterocycles. The zero-order valence-electron chi connectivity index (χ0n) is 16.3. The lowest BCUT2D eigenvalue weighted by Crippen LogP contribution is -2.26. The van der Waals surface area contributed by atoms with Gasteiger partial charge in [0.25, 0.3) is 5.91 Å². The van der Waals surface area contributed by atoms with E-state index in [4.69, 9.17) is 11.6 Å². The number of hydrogen-bond acceptors (Lipinski definition) is 3. The average molecular weight is 491 g/mol. The van der Waals surface area contributed by atoms with Gasteiger partial charge in [0.05, 0.1) is 11.5 Å². The second-order valence-electron chi connectivity index (χ2n) is 6.59. The van der Waals surface area contributed by atoms with E-state index >= 15 is 0 Å². The summed E-state index contributed by atoms with van der Waals surface area (Å²) in [4.78, 5) is 13.3. The maximum Gasteiger partial charge on any atom is 0.253 e. The number of carbonyl (C=O) groups excluding carboxylic acids is 1. The second kappa shape index (κ2) is 9.65. The summed E-state index contributed by atoms with van der Waals surface area (Å²) < 4.78 is 3.20. The molecule has 0 aliphatic carbocycles. The summed E-state index contributed by atoms with van der Waals surface area (Å²) in [6, 6.07) is 17.6. The molecule has 0 radical (unpaired) electrons. The summed E-state index contributed by atoms with van der Waals surface area (Å²) >= 11 is 10.8. The van der Waals surface area contributed by atoms with Crippen molar-refractivity contribution in [3.05, 3.63) is 81.0 Å². The fourth-order valence-corrected chi connectivity index (χ4v) is 4.18. The van der Waals surface area contributed by atoms with Gasteiger partial charge in [0.2, 0.25) is 0 Å². The van der Waals surface area contributed by atoms with Crippen LogP contribution >= 0.6 is 39.3 Å². The third-order valence-corrected chi connectivity index (χ3v) is 6.32. The smallest absolute Gasteiger partial charge is 0.253 e. The van der Waals surface area contributed by atoms with Crippen molar-refractivity contribution in [1.29, 1.82) is 0 Å². The van der Waals surface area contributed by atoms with Crippen LogP contribution in [0.25, 0.3) is 5.69 Å². The molecule has 0 saturated heterocycles. The predicted octanol–water partition coefficient (Wildman–Crippen LogP) is 6.14. The van der Waals surface area contributed by atoms with Crippen molar-refractivity contribution in [1.82, 2.24) is 9.99 Å². The van der Waals surface area contributed by atoms with Crippen LogP contribution in [-0.2, 0) is 4.79 Å². The zero-order valence-corrected chi connectivity index (χ0v) is 19.5. The van der Waals surface area contributed by atoms with E-state index in [9.17, 15) is 4.79 Å². The SMILES string of the molecule is Cc1cc(/C=N\NC(=O)[C@@H](C)Sc2ccc(Cl)cc2)c(C)n1-c1ccc(Br)cc1. The summed E-state index contributed by atoms with van der Waals surface area (Å²) in [7, 11) is 0. The summed E-state index contributed by atoms with van der Waals surface area (Å²) in [5.74, 6) is -0.150. The Bertz CT molecular complexity index is 1030. The Kier molecular flexibility index (Phi) is 7.22. The van der Waals surface area contributed by atoms with Crippen LogP contribution in [0.2, 0.25) is 5.02 Å². The fraction of sp³-hybridized carbons (Fsp3) is 0.182. The second-order valence-corrected chi connectivity index (χ2v) is 9.35. The molecule has 0 unspecified atom stereocenters. The number of nitrogens with zero attached hydrogens (tertiary/aromatic N) is 2. The number of carbonyl (C=O) groups is 1. The van der Waals surface area contributed by atoms with Gasteiger partial charge in [-0.15, -0.1) is 11.8 Å². The van der Waals surface area contributed by atoms with Gasteiger partial charge in [0.1, 0.15) is 0 Å². The number of thioether (sulfide) groups is 1. The Balaban J connectivity index is 1.65. The van der Waals surface area contributed by atoms with E-state index in [1.165, 1.54) is 11.8 Å². The molecule has 2 aromatic carbocycles. The number of aryl methyl sites for hydroxylation is 1. The quantitative estimate of drug-likeness (QED) is 0.256. The van der Waals surface area contributed by atoms with Crippen LogP contribution in [0.3, 0.4) is 0 Å². The highest BCUT2D eigenvalue weighted by atomic mass is 79.9. The molecular weight excluding hydrogens is 470 g/mol. The number of nitrogens with one attached hydrogen (secondary N) is 1. The molecule has 1 amide bonds. The van der Waals surface area contributed by atoms with Crippen LogP contribution in [-0.4, -0.2) is 21.9 Å². The van der Waals surface area contributed by atoms with Crippen LogP contribution in [0, 0.1) is 13.8 Å². The van der Waals surface area contributed by atoms with Gasteiger partial charge < -0.3 is 4.57 Å². The topological polar surface area (TPSA) is 46.4 Å². The Hall–Kier alpha value is -2.02. The third kappa shape index (κ3) is 5.53. The number of halogens is 2. The first-order valence-corrected chi connectivity index (χ1v) is 11.1. The van der Waals surface area contributed by atoms with Crippen molar-refractivity contribution in [2.24, 2.45) is 5.10 Å². The molecule has 3 rings (SSSR count). The molecule has 150 valence electrons. The highest BCUT2D eigenvalue weighted by Gasteiger charge is 2.14. The number of hydrogen-bond donors (Lipinski definition) is 1. The molecule has 0 saturated carbocycles. The van der Waals surface area contributed by atoms with Crippen LogP contribution < -0.4 is 5.43 Å². The first-order valence-electron chi connectivity index (χ1n) is 9.05. The average Bonchev–Trinajstić information content (AvgIpc) is 2.97. The lowest BCUT2D eigenvalue weighted by Gasteiger charge is -2.10. The van der Waals surface area contributed by atoms with E-state index in [-0.39, 0.29) is 11.2 Å². The molecule has 1 atom stereocenters. The van der Waals surface area contributed by atoms with Crippen LogP contribution in [0.1, 0.15) is 23.9 Å². The van der Waals surface area contributed by atoms with Crippen molar-refractivity contribution >= 4 is 51.4 Å². The molecule has 7 heteroatoms. The minimum absolute atomic E-state index is 0.150. The molecule has 1 aromatic heterocycles. The predicted molar refractivity (Wildman–Crippen MR) is 125 cm³/mol. The van der Waals surface area contributed by atoms with Crippen LogP contribution in [0.15, 0.2) is 69.1 Å². The summed E-state index contributed by atoms with van der Waals surface area (Å²) in [5, 5.41) is 4.56. The fourth-order valence-electron chi connectivity index (χ4n) is 2.93. The largest absolute Gasteiger partial charge is 0.318 e. The van der Waals surface area contributed by atoms with Crippen molar-refractivity contribution in [3.63, 3.8) is 0 Å². The summed E-state index contributed by atoms with van der Waals surface area (Å²) in [5.41, 5.74) is 6.84. The Labute approximate surface area is 188 Å². The first kappa shape index (κ1) is 21.7. The lowest BCUT2D eigenvalue weighted by molar-refractivity contribution is -0.120. The van der Waals surface area contributed by atoms with E-state index in [2.05, 4.69) is 56.1 Å². The highest BCUT2D eigenvalue weighted by molar-refractivity contribution is 9.10. The van der Waals surface area contributed by atoms with Gasteiger partial charge >= 0.3 is 0 Å². The van der Waals surface area contributed by atoms with Crippen LogP contribution in [0.4, 0.5) is 0 Å². The van der Waals surface area contributed by atoms with Crippen molar-refractivity contribution in [2.45, 2.75) is 30.9 Å². The van der Waals surface area contributed by atoms with Crippen molar-refractivity contribution in [3.8, 4) is 5.69 Å². The number of benzene rings is 2. The van der Waals surface area contributed by atoms with Gasteiger partial charge in [0.15, 0.2) is 0 Å². The van der Waals surface area contributed by atoms with E-state index < -0.39 is 0 Å². The molecule has 1 N–H and O–H groups in total. The highest BCUT2D eigenvalue weighted by Crippen LogP contribution is 2.25. The van der Waals surface area contributed by atoms with Crippen LogP contribution in [0.5, 0.6) is 0 Å². The lowest BCUT2D eigenvalue weighted by atomic mass is 10.2. The summed E-state index contributed by atoms with van der Waals surface area (Å²) in [6.07, 6.45) is 1.69. The Morgan fingerprint density at radius 2 is 1.83 bits per heavy atom. The Morgan fingerprint density at radius 1 is 1.17 bits per heavy atom. The molecule has 1 heterocycles. The minimum atomic E-state index is -0.275. The molecule has 3 aromatic rings. The maximum absolute atomic E-state index is 12.3. The van der Waals surface area contributed by atoms with E-state index in [0.29, 0.717) is 5.02 Å². The number of hydrazone groups is 1. The van der Waals surface area contributed by atoms with E-state index in [0.717, 1.165) is 32.0 Å². The Morgan fingerprint density at radius 3 is 2.48 bits per heavy atom. The van der Waals surface area contributed by atoms with Gasteiger partial charge in [-0.25, -0.2) is 5.43 Å². The molecule has 0 fully saturated rings. The monoisotopic (exact) mass is 489 g/mol. The number of amides is 1. The molecule has 0 bridgehead atoms. The van der Waals surface area contributed by atoms with Crippen molar-refractivity contribution in [2.75, 3.05) is 0 Å². The first-order chi connectivity index (χ1) is 13.8. The normalized spacial score (nSPS) is 12.3. The number of rotatable bonds is 6. The van der Waals surface area contributed by atoms with Gasteiger partial charge in [-0.05, 0) is 75.4 Å². The molecule has 29 heavy (non-hydrogen) atoms. The molecular formula is C22H21BrClN3OS. The molecule has 0 aliphatic rings.